The normalized spacial score (nSPS) is 21.0. The zero-order chi connectivity index (χ0) is 12.0. The van der Waals surface area contributed by atoms with E-state index in [-0.39, 0.29) is 19.2 Å². The van der Waals surface area contributed by atoms with Gasteiger partial charge in [0.05, 0.1) is 6.61 Å². The van der Waals surface area contributed by atoms with Gasteiger partial charge in [0.1, 0.15) is 0 Å². The molecule has 1 unspecified atom stereocenters. The maximum absolute atomic E-state index is 11.7. The summed E-state index contributed by atoms with van der Waals surface area (Å²) >= 11 is 0. The van der Waals surface area contributed by atoms with Gasteiger partial charge in [0, 0.05) is 12.6 Å². The number of hydrogen-bond donors (Lipinski definition) is 1. The van der Waals surface area contributed by atoms with Gasteiger partial charge >= 0.3 is 6.36 Å². The second-order valence-electron chi connectivity index (χ2n) is 4.44. The van der Waals surface area contributed by atoms with Crippen LogP contribution in [0.3, 0.4) is 0 Å². The second kappa shape index (κ2) is 6.45. The average Bonchev–Trinajstić information content (AvgIpc) is 2.24. The maximum Gasteiger partial charge on any atom is 0.522 e. The van der Waals surface area contributed by atoms with Gasteiger partial charge in [-0.2, -0.15) is 0 Å². The molecular formula is C11H20F3NO. The van der Waals surface area contributed by atoms with Crippen molar-refractivity contribution in [3.63, 3.8) is 0 Å². The Kier molecular flexibility index (Phi) is 5.55. The van der Waals surface area contributed by atoms with Crippen LogP contribution >= 0.6 is 0 Å². The largest absolute Gasteiger partial charge is 0.522 e. The summed E-state index contributed by atoms with van der Waals surface area (Å²) in [6.07, 6.45) is 1.66. The number of hydrogen-bond acceptors (Lipinski definition) is 2. The lowest BCUT2D eigenvalue weighted by Crippen LogP contribution is -2.37. The quantitative estimate of drug-likeness (QED) is 0.744. The van der Waals surface area contributed by atoms with Gasteiger partial charge in [-0.05, 0) is 25.7 Å². The highest BCUT2D eigenvalue weighted by atomic mass is 19.4. The molecule has 1 fully saturated rings. The van der Waals surface area contributed by atoms with Gasteiger partial charge in [-0.25, -0.2) is 0 Å². The van der Waals surface area contributed by atoms with Gasteiger partial charge in [0.25, 0.3) is 0 Å². The smallest absolute Gasteiger partial charge is 0.312 e. The molecule has 1 aliphatic rings. The molecule has 1 saturated carbocycles. The number of ether oxygens (including phenoxy) is 1. The number of halogens is 3. The lowest BCUT2D eigenvalue weighted by molar-refractivity contribution is -0.323. The summed E-state index contributed by atoms with van der Waals surface area (Å²) in [6, 6.07) is 0.289. The van der Waals surface area contributed by atoms with Gasteiger partial charge in [0.15, 0.2) is 0 Å². The highest BCUT2D eigenvalue weighted by molar-refractivity contribution is 4.75. The van der Waals surface area contributed by atoms with E-state index in [4.69, 9.17) is 0 Å². The van der Waals surface area contributed by atoms with Gasteiger partial charge in [-0.15, -0.1) is 13.2 Å². The molecule has 1 atom stereocenters. The van der Waals surface area contributed by atoms with E-state index in [1.165, 1.54) is 32.1 Å². The molecule has 5 heteroatoms. The maximum atomic E-state index is 11.7. The number of alkyl halides is 3. The Bertz CT molecular complexity index is 190. The first-order valence-electron chi connectivity index (χ1n) is 5.93. The third kappa shape index (κ3) is 5.70. The van der Waals surface area contributed by atoms with E-state index in [9.17, 15) is 13.2 Å². The van der Waals surface area contributed by atoms with Crippen molar-refractivity contribution < 1.29 is 17.9 Å². The predicted octanol–water partition coefficient (Wildman–Crippen LogP) is 3.08. The van der Waals surface area contributed by atoms with E-state index >= 15 is 0 Å². The first kappa shape index (κ1) is 13.8. The van der Waals surface area contributed by atoms with Gasteiger partial charge in [-0.3, -0.25) is 4.74 Å². The summed E-state index contributed by atoms with van der Waals surface area (Å²) in [7, 11) is 0. The zero-order valence-electron chi connectivity index (χ0n) is 9.65. The molecule has 0 spiro atoms. The summed E-state index contributed by atoms with van der Waals surface area (Å²) in [5.74, 6) is 0.611. The predicted molar refractivity (Wildman–Crippen MR) is 56.0 cm³/mol. The van der Waals surface area contributed by atoms with Crippen molar-refractivity contribution in [1.82, 2.24) is 5.32 Å². The summed E-state index contributed by atoms with van der Waals surface area (Å²) in [4.78, 5) is 0. The molecule has 0 heterocycles. The second-order valence-corrected chi connectivity index (χ2v) is 4.44. The summed E-state index contributed by atoms with van der Waals surface area (Å²) in [5.41, 5.74) is 0. The van der Waals surface area contributed by atoms with Crippen molar-refractivity contribution in [2.45, 2.75) is 51.4 Å². The molecule has 1 N–H and O–H groups in total. The van der Waals surface area contributed by atoms with Crippen LogP contribution in [0.4, 0.5) is 13.2 Å². The van der Waals surface area contributed by atoms with Crippen molar-refractivity contribution in [3.05, 3.63) is 0 Å². The molecule has 0 amide bonds. The van der Waals surface area contributed by atoms with Crippen LogP contribution in [0.15, 0.2) is 0 Å². The fourth-order valence-corrected chi connectivity index (χ4v) is 2.25. The topological polar surface area (TPSA) is 21.3 Å². The van der Waals surface area contributed by atoms with Gasteiger partial charge in [0.2, 0.25) is 0 Å². The van der Waals surface area contributed by atoms with E-state index in [0.717, 1.165) is 0 Å². The summed E-state index contributed by atoms with van der Waals surface area (Å²) < 4.78 is 38.8. The lowest BCUT2D eigenvalue weighted by atomic mass is 9.84. The SMILES string of the molecule is CC(NCCOC(F)(F)F)C1CCCCC1. The van der Waals surface area contributed by atoms with Crippen LogP contribution in [0.25, 0.3) is 0 Å². The molecule has 0 saturated heterocycles. The molecular weight excluding hydrogens is 219 g/mol. The molecule has 16 heavy (non-hydrogen) atoms. The summed E-state index contributed by atoms with van der Waals surface area (Å²) in [6.45, 7) is 2.00. The van der Waals surface area contributed by atoms with Gasteiger partial charge < -0.3 is 5.32 Å². The lowest BCUT2D eigenvalue weighted by Gasteiger charge is -2.28. The molecule has 0 aromatic heterocycles. The molecule has 96 valence electrons. The Labute approximate surface area is 94.5 Å². The Morgan fingerprint density at radius 2 is 1.88 bits per heavy atom. The molecule has 0 radical (unpaired) electrons. The molecule has 0 bridgehead atoms. The van der Waals surface area contributed by atoms with Crippen molar-refractivity contribution in [2.24, 2.45) is 5.92 Å². The van der Waals surface area contributed by atoms with Crippen molar-refractivity contribution in [3.8, 4) is 0 Å². The van der Waals surface area contributed by atoms with Crippen LogP contribution in [0.2, 0.25) is 0 Å². The van der Waals surface area contributed by atoms with Crippen LogP contribution in [-0.4, -0.2) is 25.6 Å². The van der Waals surface area contributed by atoms with E-state index in [2.05, 4.69) is 10.1 Å². The van der Waals surface area contributed by atoms with Crippen molar-refractivity contribution >= 4 is 0 Å². The fourth-order valence-electron chi connectivity index (χ4n) is 2.25. The zero-order valence-corrected chi connectivity index (χ0v) is 9.65. The average molecular weight is 239 g/mol. The number of rotatable bonds is 5. The Morgan fingerprint density at radius 1 is 1.25 bits per heavy atom. The Hall–Kier alpha value is -0.290. The first-order chi connectivity index (χ1) is 7.49. The van der Waals surface area contributed by atoms with E-state index in [1.807, 2.05) is 6.92 Å². The van der Waals surface area contributed by atoms with Gasteiger partial charge in [-0.1, -0.05) is 19.3 Å². The molecule has 0 aromatic carbocycles. The van der Waals surface area contributed by atoms with E-state index in [1.54, 1.807) is 0 Å². The summed E-state index contributed by atoms with van der Waals surface area (Å²) in [5, 5.41) is 3.10. The van der Waals surface area contributed by atoms with E-state index in [0.29, 0.717) is 5.92 Å². The van der Waals surface area contributed by atoms with Crippen molar-refractivity contribution in [1.29, 1.82) is 0 Å². The highest BCUT2D eigenvalue weighted by Gasteiger charge is 2.28. The monoisotopic (exact) mass is 239 g/mol. The van der Waals surface area contributed by atoms with E-state index < -0.39 is 6.36 Å². The van der Waals surface area contributed by atoms with Crippen LogP contribution in [0.1, 0.15) is 39.0 Å². The van der Waals surface area contributed by atoms with Crippen LogP contribution in [-0.2, 0) is 4.74 Å². The van der Waals surface area contributed by atoms with Crippen LogP contribution < -0.4 is 5.32 Å². The minimum atomic E-state index is -4.50. The van der Waals surface area contributed by atoms with Crippen LogP contribution in [0, 0.1) is 5.92 Å². The minimum absolute atomic E-state index is 0.261. The molecule has 0 aliphatic heterocycles. The fraction of sp³-hybridized carbons (Fsp3) is 1.00. The third-order valence-electron chi connectivity index (χ3n) is 3.19. The minimum Gasteiger partial charge on any atom is -0.312 e. The molecule has 2 nitrogen and oxygen atoms in total. The highest BCUT2D eigenvalue weighted by Crippen LogP contribution is 2.26. The number of nitrogens with one attached hydrogen (secondary N) is 1. The standard InChI is InChI=1S/C11H20F3NO/c1-9(10-5-3-2-4-6-10)15-7-8-16-11(12,13)14/h9-10,15H,2-8H2,1H3. The molecule has 1 rings (SSSR count). The molecule has 0 aromatic rings. The van der Waals surface area contributed by atoms with Crippen molar-refractivity contribution in [2.75, 3.05) is 13.2 Å². The first-order valence-corrected chi connectivity index (χ1v) is 5.93. The van der Waals surface area contributed by atoms with Crippen LogP contribution in [0.5, 0.6) is 0 Å². The Balaban J connectivity index is 2.07. The molecule has 1 aliphatic carbocycles. The Morgan fingerprint density at radius 3 is 2.44 bits per heavy atom. The third-order valence-corrected chi connectivity index (χ3v) is 3.19.